The van der Waals surface area contributed by atoms with Crippen molar-refractivity contribution in [3.8, 4) is 5.75 Å². The maximum absolute atomic E-state index is 13.8. The minimum absolute atomic E-state index is 0.107. The van der Waals surface area contributed by atoms with Crippen molar-refractivity contribution in [2.75, 3.05) is 7.05 Å². The minimum Gasteiger partial charge on any atom is -0.508 e. The number of ether oxygens (including phenoxy) is 2. The quantitative estimate of drug-likeness (QED) is 0.400. The monoisotopic (exact) mass is 555 g/mol. The lowest BCUT2D eigenvalue weighted by Crippen LogP contribution is -2.53. The molecular weight excluding hydrogens is 514 g/mol. The maximum atomic E-state index is 13.8. The number of carbonyl (C=O) groups is 4. The highest BCUT2D eigenvalue weighted by atomic mass is 16.6. The van der Waals surface area contributed by atoms with E-state index in [-0.39, 0.29) is 12.2 Å². The largest absolute Gasteiger partial charge is 0.508 e. The van der Waals surface area contributed by atoms with E-state index in [0.717, 1.165) is 10.5 Å². The highest BCUT2D eigenvalue weighted by Crippen LogP contribution is 2.25. The Hall–Kier alpha value is -4.08. The van der Waals surface area contributed by atoms with Gasteiger partial charge in [0, 0.05) is 13.5 Å². The van der Waals surface area contributed by atoms with Crippen LogP contribution in [0.1, 0.15) is 65.6 Å². The molecule has 0 radical (unpaired) electrons. The number of nitrogens with one attached hydrogen (secondary N) is 2. The number of carbonyl (C=O) groups excluding carboxylic acids is 4. The average molecular weight is 556 g/mol. The van der Waals surface area contributed by atoms with Crippen LogP contribution in [0.15, 0.2) is 54.6 Å². The van der Waals surface area contributed by atoms with E-state index >= 15 is 0 Å². The molecule has 3 unspecified atom stereocenters. The Morgan fingerprint density at radius 2 is 1.48 bits per heavy atom. The Kier molecular flexibility index (Phi) is 10.7. The summed E-state index contributed by atoms with van der Waals surface area (Å²) in [5.41, 5.74) is -0.456. The SMILES string of the molecule is CC(NC(=O)OC(C)(C)C)C(=O)N(C)C(C(=O)NC(Cc1ccccc1)C(=O)OC(C)(C)C)c1cccc(O)c1. The lowest BCUT2D eigenvalue weighted by molar-refractivity contribution is -0.159. The molecule has 0 spiro atoms. The number of alkyl carbamates (subject to hydrolysis) is 1. The number of amides is 3. The number of rotatable bonds is 9. The molecule has 10 heteroatoms. The first-order valence-corrected chi connectivity index (χ1v) is 13.1. The highest BCUT2D eigenvalue weighted by Gasteiger charge is 2.35. The lowest BCUT2D eigenvalue weighted by Gasteiger charge is -2.32. The summed E-state index contributed by atoms with van der Waals surface area (Å²) >= 11 is 0. The van der Waals surface area contributed by atoms with Gasteiger partial charge in [0.05, 0.1) is 0 Å². The molecule has 0 aromatic heterocycles. The van der Waals surface area contributed by atoms with Gasteiger partial charge in [-0.15, -0.1) is 0 Å². The molecule has 0 aliphatic heterocycles. The van der Waals surface area contributed by atoms with Crippen molar-refractivity contribution < 1.29 is 33.8 Å². The van der Waals surface area contributed by atoms with Crippen LogP contribution in [0.5, 0.6) is 5.75 Å². The third-order valence-corrected chi connectivity index (χ3v) is 5.56. The summed E-state index contributed by atoms with van der Waals surface area (Å²) in [6.07, 6.45) is -0.629. The summed E-state index contributed by atoms with van der Waals surface area (Å²) in [6.45, 7) is 11.8. The first-order valence-electron chi connectivity index (χ1n) is 13.1. The molecule has 2 rings (SSSR count). The van der Waals surface area contributed by atoms with Crippen molar-refractivity contribution in [2.45, 2.75) is 84.2 Å². The van der Waals surface area contributed by atoms with Gasteiger partial charge in [-0.1, -0.05) is 42.5 Å². The lowest BCUT2D eigenvalue weighted by atomic mass is 10.0. The second kappa shape index (κ2) is 13.3. The number of hydrogen-bond donors (Lipinski definition) is 3. The van der Waals surface area contributed by atoms with E-state index in [2.05, 4.69) is 10.6 Å². The van der Waals surface area contributed by atoms with Crippen LogP contribution >= 0.6 is 0 Å². The van der Waals surface area contributed by atoms with Gasteiger partial charge in [0.15, 0.2) is 0 Å². The van der Waals surface area contributed by atoms with Gasteiger partial charge in [-0.2, -0.15) is 0 Å². The number of phenols is 1. The van der Waals surface area contributed by atoms with E-state index in [1.54, 1.807) is 53.7 Å². The fourth-order valence-corrected chi connectivity index (χ4v) is 3.89. The Morgan fingerprint density at radius 3 is 2.02 bits per heavy atom. The molecule has 0 bridgehead atoms. The maximum Gasteiger partial charge on any atom is 0.408 e. The number of hydrogen-bond acceptors (Lipinski definition) is 7. The van der Waals surface area contributed by atoms with Crippen LogP contribution in [-0.2, 0) is 30.3 Å². The van der Waals surface area contributed by atoms with Crippen LogP contribution in [0.3, 0.4) is 0 Å². The van der Waals surface area contributed by atoms with Gasteiger partial charge in [-0.25, -0.2) is 9.59 Å². The van der Waals surface area contributed by atoms with E-state index < -0.39 is 53.2 Å². The normalized spacial score (nSPS) is 13.8. The van der Waals surface area contributed by atoms with Crippen molar-refractivity contribution in [3.63, 3.8) is 0 Å². The van der Waals surface area contributed by atoms with E-state index in [0.29, 0.717) is 5.56 Å². The molecule has 0 heterocycles. The predicted octanol–water partition coefficient (Wildman–Crippen LogP) is 3.87. The molecule has 218 valence electrons. The van der Waals surface area contributed by atoms with Crippen LogP contribution in [0, 0.1) is 0 Å². The van der Waals surface area contributed by atoms with E-state index in [9.17, 15) is 24.3 Å². The fraction of sp³-hybridized carbons (Fsp3) is 0.467. The van der Waals surface area contributed by atoms with Crippen LogP contribution < -0.4 is 10.6 Å². The molecule has 3 N–H and O–H groups in total. The molecular formula is C30H41N3O7. The molecule has 0 saturated heterocycles. The molecule has 10 nitrogen and oxygen atoms in total. The number of phenolic OH excluding ortho intramolecular Hbond substituents is 1. The third kappa shape index (κ3) is 10.2. The highest BCUT2D eigenvalue weighted by molar-refractivity contribution is 5.93. The van der Waals surface area contributed by atoms with E-state index in [4.69, 9.17) is 9.47 Å². The second-order valence-corrected chi connectivity index (χ2v) is 11.6. The molecule has 0 aliphatic rings. The van der Waals surface area contributed by atoms with Gasteiger partial charge in [0.25, 0.3) is 0 Å². The van der Waals surface area contributed by atoms with Crippen molar-refractivity contribution in [1.29, 1.82) is 0 Å². The second-order valence-electron chi connectivity index (χ2n) is 11.6. The smallest absolute Gasteiger partial charge is 0.408 e. The van der Waals surface area contributed by atoms with E-state index in [1.807, 2.05) is 30.3 Å². The topological polar surface area (TPSA) is 134 Å². The summed E-state index contributed by atoms with van der Waals surface area (Å²) in [5.74, 6) is -2.00. The zero-order chi connectivity index (χ0) is 30.3. The summed E-state index contributed by atoms with van der Waals surface area (Å²) in [5, 5.41) is 15.3. The molecule has 3 amide bonds. The Balaban J connectivity index is 2.37. The number of nitrogens with zero attached hydrogens (tertiary/aromatic N) is 1. The molecule has 0 saturated carbocycles. The van der Waals surface area contributed by atoms with Crippen LogP contribution in [0.2, 0.25) is 0 Å². The minimum atomic E-state index is -1.25. The first kappa shape index (κ1) is 32.1. The molecule has 40 heavy (non-hydrogen) atoms. The first-order chi connectivity index (χ1) is 18.5. The molecule has 2 aromatic rings. The van der Waals surface area contributed by atoms with Crippen LogP contribution in [-0.4, -0.2) is 64.2 Å². The van der Waals surface area contributed by atoms with Crippen molar-refractivity contribution in [1.82, 2.24) is 15.5 Å². The number of likely N-dealkylation sites (N-methyl/N-ethyl adjacent to an activating group) is 1. The average Bonchev–Trinajstić information content (AvgIpc) is 2.81. The summed E-state index contributed by atoms with van der Waals surface area (Å²) in [6, 6.07) is 11.7. The van der Waals surface area contributed by atoms with Gasteiger partial charge in [0.1, 0.15) is 35.1 Å². The Labute approximate surface area is 236 Å². The number of esters is 1. The van der Waals surface area contributed by atoms with Gasteiger partial charge in [-0.3, -0.25) is 9.59 Å². The van der Waals surface area contributed by atoms with Gasteiger partial charge in [0.2, 0.25) is 11.8 Å². The van der Waals surface area contributed by atoms with Gasteiger partial charge in [-0.05, 0) is 71.7 Å². The number of benzene rings is 2. The zero-order valence-electron chi connectivity index (χ0n) is 24.5. The van der Waals surface area contributed by atoms with Gasteiger partial charge >= 0.3 is 12.1 Å². The Morgan fingerprint density at radius 1 is 0.875 bits per heavy atom. The van der Waals surface area contributed by atoms with E-state index in [1.165, 1.54) is 26.1 Å². The fourth-order valence-electron chi connectivity index (χ4n) is 3.89. The summed E-state index contributed by atoms with van der Waals surface area (Å²) in [4.78, 5) is 53.7. The molecule has 0 fully saturated rings. The summed E-state index contributed by atoms with van der Waals surface area (Å²) < 4.78 is 10.8. The van der Waals surface area contributed by atoms with Crippen molar-refractivity contribution >= 4 is 23.9 Å². The van der Waals surface area contributed by atoms with Crippen LogP contribution in [0.25, 0.3) is 0 Å². The van der Waals surface area contributed by atoms with Crippen molar-refractivity contribution in [2.24, 2.45) is 0 Å². The number of aromatic hydroxyl groups is 1. The Bertz CT molecular complexity index is 1190. The zero-order valence-corrected chi connectivity index (χ0v) is 24.5. The standard InChI is InChI=1S/C30H41N3O7/c1-19(31-28(38)40-30(5,6)7)26(36)33(8)24(21-15-12-16-22(34)18-21)25(35)32-23(27(37)39-29(2,3)4)17-20-13-10-9-11-14-20/h9-16,18-19,23-24,34H,17H2,1-8H3,(H,31,38)(H,32,35). The molecule has 0 aliphatic carbocycles. The molecule has 3 atom stereocenters. The van der Waals surface area contributed by atoms with Gasteiger partial charge < -0.3 is 30.1 Å². The van der Waals surface area contributed by atoms with Crippen LogP contribution in [0.4, 0.5) is 4.79 Å². The predicted molar refractivity (Wildman–Crippen MR) is 150 cm³/mol. The molecule has 2 aromatic carbocycles. The third-order valence-electron chi connectivity index (χ3n) is 5.56. The summed E-state index contributed by atoms with van der Waals surface area (Å²) in [7, 11) is 1.41. The van der Waals surface area contributed by atoms with Crippen molar-refractivity contribution in [3.05, 3.63) is 65.7 Å².